The van der Waals surface area contributed by atoms with E-state index in [0.29, 0.717) is 0 Å². The van der Waals surface area contributed by atoms with Crippen molar-refractivity contribution in [2.45, 2.75) is 13.3 Å². The lowest BCUT2D eigenvalue weighted by Gasteiger charge is -2.25. The highest BCUT2D eigenvalue weighted by Crippen LogP contribution is 2.27. The van der Waals surface area contributed by atoms with Crippen molar-refractivity contribution in [3.05, 3.63) is 23.9 Å². The van der Waals surface area contributed by atoms with Crippen LogP contribution < -0.4 is 11.5 Å². The number of hydrogen-bond acceptors (Lipinski definition) is 2. The van der Waals surface area contributed by atoms with Gasteiger partial charge in [0.1, 0.15) is 5.84 Å². The summed E-state index contributed by atoms with van der Waals surface area (Å²) in [6.45, 7) is 1.93. The molecule has 11 heavy (non-hydrogen) atoms. The van der Waals surface area contributed by atoms with Crippen LogP contribution in [-0.2, 0) is 0 Å². The summed E-state index contributed by atoms with van der Waals surface area (Å²) in [7, 11) is 0. The average molecular weight is 151 g/mol. The SMILES string of the molecule is CC1(C(=N)N)C=CC(N)=CC1. The van der Waals surface area contributed by atoms with Crippen LogP contribution in [0.2, 0.25) is 0 Å². The van der Waals surface area contributed by atoms with Crippen LogP contribution in [-0.4, -0.2) is 5.84 Å². The quantitative estimate of drug-likeness (QED) is 0.381. The van der Waals surface area contributed by atoms with Gasteiger partial charge in [0.05, 0.1) is 0 Å². The standard InChI is InChI=1S/C8H13N3/c1-8(7(10)11)4-2-6(9)3-5-8/h2-4H,5,9H2,1H3,(H3,10,11). The van der Waals surface area contributed by atoms with Gasteiger partial charge >= 0.3 is 0 Å². The maximum atomic E-state index is 7.31. The molecular weight excluding hydrogens is 138 g/mol. The third kappa shape index (κ3) is 1.42. The summed E-state index contributed by atoms with van der Waals surface area (Å²) in [6.07, 6.45) is 6.29. The predicted octanol–water partition coefficient (Wildman–Crippen LogP) is 0.731. The zero-order valence-electron chi connectivity index (χ0n) is 6.59. The molecule has 60 valence electrons. The Labute approximate surface area is 66.3 Å². The van der Waals surface area contributed by atoms with E-state index in [1.165, 1.54) is 0 Å². The van der Waals surface area contributed by atoms with Gasteiger partial charge in [-0.25, -0.2) is 0 Å². The Morgan fingerprint density at radius 3 is 2.73 bits per heavy atom. The minimum absolute atomic E-state index is 0.192. The van der Waals surface area contributed by atoms with Gasteiger partial charge in [0.2, 0.25) is 0 Å². The first-order chi connectivity index (χ1) is 5.04. The molecular formula is C8H13N3. The van der Waals surface area contributed by atoms with E-state index in [2.05, 4.69) is 0 Å². The highest BCUT2D eigenvalue weighted by atomic mass is 14.7. The molecule has 1 unspecified atom stereocenters. The Morgan fingerprint density at radius 1 is 1.73 bits per heavy atom. The normalized spacial score (nSPS) is 29.7. The molecule has 0 aromatic heterocycles. The first-order valence-electron chi connectivity index (χ1n) is 3.54. The molecule has 0 bridgehead atoms. The fraction of sp³-hybridized carbons (Fsp3) is 0.375. The van der Waals surface area contributed by atoms with Gasteiger partial charge in [-0.15, -0.1) is 0 Å². The third-order valence-corrected chi connectivity index (χ3v) is 2.02. The summed E-state index contributed by atoms with van der Waals surface area (Å²) in [6, 6.07) is 0. The zero-order chi connectivity index (χ0) is 8.48. The Bertz CT molecular complexity index is 240. The summed E-state index contributed by atoms with van der Waals surface area (Å²) in [5.41, 5.74) is 11.4. The number of rotatable bonds is 1. The molecule has 0 fully saturated rings. The Hall–Kier alpha value is -1.25. The van der Waals surface area contributed by atoms with Crippen LogP contribution in [0.4, 0.5) is 0 Å². The summed E-state index contributed by atoms with van der Waals surface area (Å²) >= 11 is 0. The van der Waals surface area contributed by atoms with E-state index in [-0.39, 0.29) is 11.3 Å². The number of nitrogens with one attached hydrogen (secondary N) is 1. The van der Waals surface area contributed by atoms with Crippen molar-refractivity contribution in [1.82, 2.24) is 0 Å². The highest BCUT2D eigenvalue weighted by molar-refractivity contribution is 5.85. The molecule has 0 radical (unpaired) electrons. The smallest absolute Gasteiger partial charge is 0.101 e. The second-order valence-electron chi connectivity index (χ2n) is 3.07. The lowest BCUT2D eigenvalue weighted by molar-refractivity contribution is 0.587. The minimum atomic E-state index is -0.317. The van der Waals surface area contributed by atoms with Crippen LogP contribution in [0.15, 0.2) is 23.9 Å². The molecule has 0 aromatic rings. The third-order valence-electron chi connectivity index (χ3n) is 2.02. The van der Waals surface area contributed by atoms with Crippen molar-refractivity contribution in [2.75, 3.05) is 0 Å². The second kappa shape index (κ2) is 2.42. The van der Waals surface area contributed by atoms with Gasteiger partial charge in [0.15, 0.2) is 0 Å². The first-order valence-corrected chi connectivity index (χ1v) is 3.54. The molecule has 0 heterocycles. The van der Waals surface area contributed by atoms with E-state index < -0.39 is 0 Å². The van der Waals surface area contributed by atoms with Gasteiger partial charge < -0.3 is 11.5 Å². The van der Waals surface area contributed by atoms with Crippen LogP contribution in [0.5, 0.6) is 0 Å². The van der Waals surface area contributed by atoms with Crippen LogP contribution in [0.1, 0.15) is 13.3 Å². The highest BCUT2D eigenvalue weighted by Gasteiger charge is 2.25. The van der Waals surface area contributed by atoms with E-state index in [9.17, 15) is 0 Å². The Balaban J connectivity index is 2.82. The maximum Gasteiger partial charge on any atom is 0.101 e. The monoisotopic (exact) mass is 151 g/mol. The van der Waals surface area contributed by atoms with Gasteiger partial charge in [-0.3, -0.25) is 5.41 Å². The molecule has 0 saturated carbocycles. The van der Waals surface area contributed by atoms with E-state index in [0.717, 1.165) is 12.1 Å². The van der Waals surface area contributed by atoms with Crippen molar-refractivity contribution in [3.63, 3.8) is 0 Å². The molecule has 3 heteroatoms. The second-order valence-corrected chi connectivity index (χ2v) is 3.07. The lowest BCUT2D eigenvalue weighted by atomic mass is 9.82. The summed E-state index contributed by atoms with van der Waals surface area (Å²) in [5, 5.41) is 7.31. The van der Waals surface area contributed by atoms with E-state index in [1.807, 2.05) is 19.1 Å². The molecule has 0 aliphatic heterocycles. The number of amidine groups is 1. The predicted molar refractivity (Wildman–Crippen MR) is 46.0 cm³/mol. The Kier molecular flexibility index (Phi) is 1.72. The maximum absolute atomic E-state index is 7.31. The molecule has 0 spiro atoms. The molecule has 0 aromatic carbocycles. The molecule has 1 rings (SSSR count). The topological polar surface area (TPSA) is 75.9 Å². The molecule has 1 atom stereocenters. The number of hydrogen-bond donors (Lipinski definition) is 3. The molecule has 5 N–H and O–H groups in total. The fourth-order valence-corrected chi connectivity index (χ4v) is 0.946. The van der Waals surface area contributed by atoms with Crippen molar-refractivity contribution < 1.29 is 0 Å². The molecule has 0 amide bonds. The van der Waals surface area contributed by atoms with Crippen LogP contribution in [0.3, 0.4) is 0 Å². The Morgan fingerprint density at radius 2 is 2.36 bits per heavy atom. The molecule has 3 nitrogen and oxygen atoms in total. The van der Waals surface area contributed by atoms with Crippen LogP contribution >= 0.6 is 0 Å². The fourth-order valence-electron chi connectivity index (χ4n) is 0.946. The van der Waals surface area contributed by atoms with Gasteiger partial charge in [-0.1, -0.05) is 12.2 Å². The number of nitrogens with two attached hydrogens (primary N) is 2. The van der Waals surface area contributed by atoms with Crippen molar-refractivity contribution in [3.8, 4) is 0 Å². The minimum Gasteiger partial charge on any atom is -0.399 e. The largest absolute Gasteiger partial charge is 0.399 e. The number of allylic oxidation sites excluding steroid dienone is 2. The average Bonchev–Trinajstić information content (AvgIpc) is 1.95. The lowest BCUT2D eigenvalue weighted by Crippen LogP contribution is -2.32. The van der Waals surface area contributed by atoms with Gasteiger partial charge in [0.25, 0.3) is 0 Å². The van der Waals surface area contributed by atoms with Gasteiger partial charge in [-0.2, -0.15) is 0 Å². The summed E-state index contributed by atoms with van der Waals surface area (Å²) in [4.78, 5) is 0. The van der Waals surface area contributed by atoms with E-state index in [4.69, 9.17) is 16.9 Å². The van der Waals surface area contributed by atoms with Crippen molar-refractivity contribution in [2.24, 2.45) is 16.9 Å². The van der Waals surface area contributed by atoms with Gasteiger partial charge in [-0.05, 0) is 19.4 Å². The van der Waals surface area contributed by atoms with Crippen LogP contribution in [0, 0.1) is 10.8 Å². The summed E-state index contributed by atoms with van der Waals surface area (Å²) in [5.74, 6) is 0.192. The molecule has 0 saturated heterocycles. The van der Waals surface area contributed by atoms with Gasteiger partial charge in [0, 0.05) is 11.1 Å². The van der Waals surface area contributed by atoms with Crippen molar-refractivity contribution >= 4 is 5.84 Å². The van der Waals surface area contributed by atoms with Crippen molar-refractivity contribution in [1.29, 1.82) is 5.41 Å². The summed E-state index contributed by atoms with van der Waals surface area (Å²) < 4.78 is 0. The molecule has 1 aliphatic carbocycles. The zero-order valence-corrected chi connectivity index (χ0v) is 6.59. The molecule has 1 aliphatic rings. The van der Waals surface area contributed by atoms with E-state index >= 15 is 0 Å². The van der Waals surface area contributed by atoms with E-state index in [1.54, 1.807) is 6.08 Å². The first kappa shape index (κ1) is 7.85. The van der Waals surface area contributed by atoms with Crippen LogP contribution in [0.25, 0.3) is 0 Å².